The molecule has 0 spiro atoms. The molecule has 0 heterocycles. The van der Waals surface area contributed by atoms with Crippen LogP contribution in [0.1, 0.15) is 28.2 Å². The third kappa shape index (κ3) is 4.90. The number of rotatable bonds is 6. The van der Waals surface area contributed by atoms with Crippen molar-refractivity contribution in [1.82, 2.24) is 5.32 Å². The summed E-state index contributed by atoms with van der Waals surface area (Å²) in [5.74, 6) is -0.877. The molecule has 0 radical (unpaired) electrons. The van der Waals surface area contributed by atoms with E-state index in [2.05, 4.69) is 5.32 Å². The Morgan fingerprint density at radius 2 is 1.47 bits per heavy atom. The summed E-state index contributed by atoms with van der Waals surface area (Å²) in [5.41, 5.74) is 3.90. The number of hydrogen-bond acceptors (Lipinski definition) is 4. The zero-order valence-electron chi connectivity index (χ0n) is 18.3. The van der Waals surface area contributed by atoms with Crippen molar-refractivity contribution in [3.05, 3.63) is 95.1 Å². The largest absolute Gasteiger partial charge is 0.467 e. The topological polar surface area (TPSA) is 64.6 Å². The molecule has 3 aromatic carbocycles. The fraction of sp³-hybridized carbons (Fsp3) is 0.231. The summed E-state index contributed by atoms with van der Waals surface area (Å²) in [6.45, 7) is 0.0635. The number of alkyl carbamates (subject to hydrolysis) is 1. The second-order valence-corrected chi connectivity index (χ2v) is 7.94. The van der Waals surface area contributed by atoms with Gasteiger partial charge in [-0.2, -0.15) is 13.2 Å². The number of halogens is 3. The third-order valence-electron chi connectivity index (χ3n) is 5.84. The monoisotopic (exact) mass is 469 g/mol. The Bertz CT molecular complexity index is 1150. The van der Waals surface area contributed by atoms with Crippen LogP contribution in [0.5, 0.6) is 0 Å². The van der Waals surface area contributed by atoms with Crippen LogP contribution in [0.15, 0.2) is 72.8 Å². The number of esters is 1. The lowest BCUT2D eigenvalue weighted by Gasteiger charge is -2.19. The first kappa shape index (κ1) is 23.4. The Morgan fingerprint density at radius 1 is 0.912 bits per heavy atom. The number of hydrogen-bond donors (Lipinski definition) is 1. The first-order valence-electron chi connectivity index (χ1n) is 10.6. The van der Waals surface area contributed by atoms with Gasteiger partial charge in [-0.05, 0) is 39.9 Å². The zero-order chi connectivity index (χ0) is 24.3. The highest BCUT2D eigenvalue weighted by atomic mass is 19.4. The van der Waals surface area contributed by atoms with Gasteiger partial charge in [-0.15, -0.1) is 0 Å². The number of methoxy groups -OCH3 is 1. The van der Waals surface area contributed by atoms with Crippen molar-refractivity contribution < 1.29 is 32.2 Å². The summed E-state index contributed by atoms with van der Waals surface area (Å²) in [5, 5.41) is 2.48. The van der Waals surface area contributed by atoms with Crippen LogP contribution >= 0.6 is 0 Å². The molecule has 8 heteroatoms. The minimum Gasteiger partial charge on any atom is -0.467 e. The Balaban J connectivity index is 1.43. The number of carbonyl (C=O) groups is 2. The summed E-state index contributed by atoms with van der Waals surface area (Å²) in [4.78, 5) is 24.7. The maximum Gasteiger partial charge on any atom is 0.416 e. The SMILES string of the molecule is COC(=O)[C@H](Cc1ccc(C(F)(F)F)cc1)NC(=O)OCC1c2ccccc2-c2ccccc21. The van der Waals surface area contributed by atoms with Crippen molar-refractivity contribution in [2.24, 2.45) is 0 Å². The number of fused-ring (bicyclic) bond motifs is 3. The fourth-order valence-corrected chi connectivity index (χ4v) is 4.18. The first-order chi connectivity index (χ1) is 16.3. The molecule has 1 aliphatic carbocycles. The average molecular weight is 469 g/mol. The predicted molar refractivity (Wildman–Crippen MR) is 119 cm³/mol. The Hall–Kier alpha value is -3.81. The summed E-state index contributed by atoms with van der Waals surface area (Å²) in [6.07, 6.45) is -5.32. The molecule has 1 aliphatic rings. The molecule has 1 amide bonds. The van der Waals surface area contributed by atoms with E-state index < -0.39 is 29.8 Å². The van der Waals surface area contributed by atoms with Gasteiger partial charge in [0.2, 0.25) is 0 Å². The van der Waals surface area contributed by atoms with Gasteiger partial charge < -0.3 is 14.8 Å². The van der Waals surface area contributed by atoms with Gasteiger partial charge in [0.15, 0.2) is 0 Å². The van der Waals surface area contributed by atoms with Crippen LogP contribution in [0.25, 0.3) is 11.1 Å². The van der Waals surface area contributed by atoms with Crippen LogP contribution < -0.4 is 5.32 Å². The van der Waals surface area contributed by atoms with E-state index in [0.29, 0.717) is 5.56 Å². The highest BCUT2D eigenvalue weighted by Gasteiger charge is 2.31. The van der Waals surface area contributed by atoms with Crippen LogP contribution in [0.2, 0.25) is 0 Å². The molecule has 0 saturated heterocycles. The van der Waals surface area contributed by atoms with Gasteiger partial charge in [-0.1, -0.05) is 60.7 Å². The molecule has 4 rings (SSSR count). The first-order valence-corrected chi connectivity index (χ1v) is 10.6. The van der Waals surface area contributed by atoms with Crippen molar-refractivity contribution in [2.45, 2.75) is 24.6 Å². The molecule has 176 valence electrons. The molecule has 5 nitrogen and oxygen atoms in total. The van der Waals surface area contributed by atoms with Crippen LogP contribution in [-0.4, -0.2) is 31.8 Å². The van der Waals surface area contributed by atoms with Gasteiger partial charge in [0.05, 0.1) is 12.7 Å². The normalized spacial score (nSPS) is 13.5. The van der Waals surface area contributed by atoms with Gasteiger partial charge >= 0.3 is 18.2 Å². The van der Waals surface area contributed by atoms with Gasteiger partial charge in [0.25, 0.3) is 0 Å². The number of carbonyl (C=O) groups excluding carboxylic acids is 2. The van der Waals surface area contributed by atoms with Crippen LogP contribution in [0.3, 0.4) is 0 Å². The lowest BCUT2D eigenvalue weighted by Crippen LogP contribution is -2.43. The van der Waals surface area contributed by atoms with E-state index in [1.54, 1.807) is 0 Å². The van der Waals surface area contributed by atoms with Crippen molar-refractivity contribution in [2.75, 3.05) is 13.7 Å². The molecular formula is C26H22F3NO4. The van der Waals surface area contributed by atoms with E-state index in [4.69, 9.17) is 9.47 Å². The van der Waals surface area contributed by atoms with E-state index in [1.807, 2.05) is 48.5 Å². The van der Waals surface area contributed by atoms with Crippen molar-refractivity contribution >= 4 is 12.1 Å². The number of amides is 1. The minimum atomic E-state index is -4.46. The molecular weight excluding hydrogens is 447 g/mol. The minimum absolute atomic E-state index is 0.0466. The summed E-state index contributed by atoms with van der Waals surface area (Å²) >= 11 is 0. The molecule has 0 fully saturated rings. The van der Waals surface area contributed by atoms with Gasteiger partial charge in [-0.3, -0.25) is 0 Å². The van der Waals surface area contributed by atoms with E-state index in [0.717, 1.165) is 34.4 Å². The number of nitrogens with one attached hydrogen (secondary N) is 1. The molecule has 1 N–H and O–H groups in total. The smallest absolute Gasteiger partial charge is 0.416 e. The van der Waals surface area contributed by atoms with E-state index in [1.165, 1.54) is 19.2 Å². The van der Waals surface area contributed by atoms with Crippen molar-refractivity contribution in [3.63, 3.8) is 0 Å². The highest BCUT2D eigenvalue weighted by Crippen LogP contribution is 2.44. The molecule has 0 unspecified atom stereocenters. The quantitative estimate of drug-likeness (QED) is 0.496. The standard InChI is InChI=1S/C26H22F3NO4/c1-33-24(31)23(14-16-10-12-17(13-11-16)26(27,28)29)30-25(32)34-15-22-20-8-4-2-6-18(20)19-7-3-5-9-21(19)22/h2-13,22-23H,14-15H2,1H3,(H,30,32)/t23-/m0/s1. The van der Waals surface area contributed by atoms with E-state index in [-0.39, 0.29) is 18.9 Å². The summed E-state index contributed by atoms with van der Waals surface area (Å²) < 4.78 is 48.6. The molecule has 34 heavy (non-hydrogen) atoms. The van der Waals surface area contributed by atoms with Crippen LogP contribution in [-0.2, 0) is 26.9 Å². The lowest BCUT2D eigenvalue weighted by molar-refractivity contribution is -0.143. The van der Waals surface area contributed by atoms with Gasteiger partial charge in [0, 0.05) is 12.3 Å². The van der Waals surface area contributed by atoms with Crippen molar-refractivity contribution in [1.29, 1.82) is 0 Å². The predicted octanol–water partition coefficient (Wildman–Crippen LogP) is 5.33. The summed E-state index contributed by atoms with van der Waals surface area (Å²) in [6, 6.07) is 19.0. The van der Waals surface area contributed by atoms with Gasteiger partial charge in [0.1, 0.15) is 12.6 Å². The molecule has 0 aromatic heterocycles. The van der Waals surface area contributed by atoms with E-state index in [9.17, 15) is 22.8 Å². The molecule has 3 aromatic rings. The summed E-state index contributed by atoms with van der Waals surface area (Å²) in [7, 11) is 1.17. The van der Waals surface area contributed by atoms with Crippen LogP contribution in [0.4, 0.5) is 18.0 Å². The molecule has 0 aliphatic heterocycles. The maximum atomic E-state index is 12.8. The molecule has 0 bridgehead atoms. The van der Waals surface area contributed by atoms with Gasteiger partial charge in [-0.25, -0.2) is 9.59 Å². The highest BCUT2D eigenvalue weighted by molar-refractivity contribution is 5.82. The Labute approximate surface area is 194 Å². The fourth-order valence-electron chi connectivity index (χ4n) is 4.18. The maximum absolute atomic E-state index is 12.8. The Kier molecular flexibility index (Phi) is 6.58. The molecule has 0 saturated carbocycles. The average Bonchev–Trinajstić information content (AvgIpc) is 3.15. The molecule has 1 atom stereocenters. The number of benzene rings is 3. The second-order valence-electron chi connectivity index (χ2n) is 7.94. The zero-order valence-corrected chi connectivity index (χ0v) is 18.3. The second kappa shape index (κ2) is 9.59. The van der Waals surface area contributed by atoms with Crippen LogP contribution in [0, 0.1) is 0 Å². The number of alkyl halides is 3. The third-order valence-corrected chi connectivity index (χ3v) is 5.84. The van der Waals surface area contributed by atoms with Crippen molar-refractivity contribution in [3.8, 4) is 11.1 Å². The van der Waals surface area contributed by atoms with E-state index >= 15 is 0 Å². The number of ether oxygens (including phenoxy) is 2. The lowest BCUT2D eigenvalue weighted by atomic mass is 9.98. The Morgan fingerprint density at radius 3 is 2.00 bits per heavy atom.